The second-order valence-electron chi connectivity index (χ2n) is 4.85. The van der Waals surface area contributed by atoms with Gasteiger partial charge in [0.2, 0.25) is 0 Å². The fourth-order valence-electron chi connectivity index (χ4n) is 2.40. The van der Waals surface area contributed by atoms with Crippen LogP contribution in [0.1, 0.15) is 29.3 Å². The quantitative estimate of drug-likeness (QED) is 0.850. The fourth-order valence-corrected chi connectivity index (χ4v) is 3.67. The van der Waals surface area contributed by atoms with Crippen LogP contribution in [0.25, 0.3) is 0 Å². The lowest BCUT2D eigenvalue weighted by atomic mass is 9.93. The third-order valence-electron chi connectivity index (χ3n) is 3.45. The highest BCUT2D eigenvalue weighted by Gasteiger charge is 2.51. The van der Waals surface area contributed by atoms with Crippen LogP contribution in [0.15, 0.2) is 11.4 Å². The average molecular weight is 225 g/mol. The zero-order chi connectivity index (χ0) is 11.1. The van der Waals surface area contributed by atoms with Crippen LogP contribution in [0, 0.1) is 12.3 Å². The molecule has 3 heteroatoms. The van der Waals surface area contributed by atoms with E-state index < -0.39 is 0 Å². The maximum absolute atomic E-state index is 9.54. The van der Waals surface area contributed by atoms with E-state index in [9.17, 15) is 5.11 Å². The molecule has 1 unspecified atom stereocenters. The predicted octanol–water partition coefficient (Wildman–Crippen LogP) is 2.43. The monoisotopic (exact) mass is 225 g/mol. The first-order valence-electron chi connectivity index (χ1n) is 5.42. The normalized spacial score (nSPS) is 20.6. The molecule has 0 amide bonds. The molecule has 1 aliphatic carbocycles. The molecule has 1 saturated carbocycles. The molecule has 84 valence electrons. The van der Waals surface area contributed by atoms with E-state index in [0.717, 1.165) is 12.8 Å². The number of thiophene rings is 1. The Morgan fingerprint density at radius 1 is 1.53 bits per heavy atom. The van der Waals surface area contributed by atoms with Crippen molar-refractivity contribution in [2.45, 2.75) is 25.8 Å². The van der Waals surface area contributed by atoms with Gasteiger partial charge in [0, 0.05) is 10.3 Å². The predicted molar refractivity (Wildman–Crippen MR) is 64.2 cm³/mol. The van der Waals surface area contributed by atoms with Crippen molar-refractivity contribution in [2.24, 2.45) is 5.41 Å². The molecule has 1 fully saturated rings. The standard InChI is InChI=1S/C12H19NOS/c1-9-4-7-15-10(9)11(13(2)3)12(8-14)5-6-12/h4,7,11,14H,5-6,8H2,1-3H3. The van der Waals surface area contributed by atoms with Crippen LogP contribution in [0.5, 0.6) is 0 Å². The highest BCUT2D eigenvalue weighted by molar-refractivity contribution is 7.10. The van der Waals surface area contributed by atoms with E-state index in [0.29, 0.717) is 12.6 Å². The minimum absolute atomic E-state index is 0.138. The Bertz CT molecular complexity index is 341. The SMILES string of the molecule is Cc1ccsc1C(N(C)C)C1(CO)CC1. The van der Waals surface area contributed by atoms with E-state index >= 15 is 0 Å². The zero-order valence-electron chi connectivity index (χ0n) is 9.66. The van der Waals surface area contributed by atoms with Crippen molar-refractivity contribution in [3.8, 4) is 0 Å². The molecule has 0 bridgehead atoms. The van der Waals surface area contributed by atoms with Crippen molar-refractivity contribution in [3.05, 3.63) is 21.9 Å². The molecule has 0 aromatic carbocycles. The molecule has 1 aromatic rings. The summed E-state index contributed by atoms with van der Waals surface area (Å²) in [6.07, 6.45) is 2.31. The second kappa shape index (κ2) is 3.89. The number of nitrogens with zero attached hydrogens (tertiary/aromatic N) is 1. The summed E-state index contributed by atoms with van der Waals surface area (Å²) in [5.74, 6) is 0. The third kappa shape index (κ3) is 1.84. The van der Waals surface area contributed by atoms with Gasteiger partial charge in [-0.1, -0.05) is 0 Å². The van der Waals surface area contributed by atoms with Crippen molar-refractivity contribution in [1.29, 1.82) is 0 Å². The molecule has 15 heavy (non-hydrogen) atoms. The van der Waals surface area contributed by atoms with Crippen molar-refractivity contribution in [2.75, 3.05) is 20.7 Å². The maximum Gasteiger partial charge on any atom is 0.0516 e. The number of aliphatic hydroxyl groups is 1. The van der Waals surface area contributed by atoms with Gasteiger partial charge in [-0.2, -0.15) is 0 Å². The topological polar surface area (TPSA) is 23.5 Å². The Morgan fingerprint density at radius 2 is 2.20 bits per heavy atom. The highest BCUT2D eigenvalue weighted by atomic mass is 32.1. The Labute approximate surface area is 95.5 Å². The summed E-state index contributed by atoms with van der Waals surface area (Å²) in [4.78, 5) is 3.67. The van der Waals surface area contributed by atoms with Crippen LogP contribution in [-0.2, 0) is 0 Å². The van der Waals surface area contributed by atoms with E-state index in [1.165, 1.54) is 10.4 Å². The summed E-state index contributed by atoms with van der Waals surface area (Å²) < 4.78 is 0. The van der Waals surface area contributed by atoms with Gasteiger partial charge in [0.15, 0.2) is 0 Å². The first-order valence-corrected chi connectivity index (χ1v) is 6.30. The Kier molecular flexibility index (Phi) is 2.88. The van der Waals surface area contributed by atoms with Crippen LogP contribution < -0.4 is 0 Å². The van der Waals surface area contributed by atoms with Gasteiger partial charge in [0.05, 0.1) is 12.6 Å². The van der Waals surface area contributed by atoms with Crippen LogP contribution in [0.3, 0.4) is 0 Å². The molecule has 1 aromatic heterocycles. The van der Waals surface area contributed by atoms with E-state index in [1.54, 1.807) is 0 Å². The number of aliphatic hydroxyl groups excluding tert-OH is 1. The Balaban J connectivity index is 2.33. The molecule has 0 radical (unpaired) electrons. The Hall–Kier alpha value is -0.380. The largest absolute Gasteiger partial charge is 0.396 e. The minimum atomic E-state index is 0.138. The molecule has 1 atom stereocenters. The molecular weight excluding hydrogens is 206 g/mol. The van der Waals surface area contributed by atoms with Gasteiger partial charge in [-0.3, -0.25) is 0 Å². The summed E-state index contributed by atoms with van der Waals surface area (Å²) >= 11 is 1.82. The smallest absolute Gasteiger partial charge is 0.0516 e. The van der Waals surface area contributed by atoms with Crippen LogP contribution in [0.2, 0.25) is 0 Å². The maximum atomic E-state index is 9.54. The lowest BCUT2D eigenvalue weighted by molar-refractivity contribution is 0.117. The Morgan fingerprint density at radius 3 is 2.53 bits per heavy atom. The van der Waals surface area contributed by atoms with Crippen molar-refractivity contribution >= 4 is 11.3 Å². The molecule has 1 heterocycles. The van der Waals surface area contributed by atoms with E-state index in [1.807, 2.05) is 11.3 Å². The van der Waals surface area contributed by atoms with Gasteiger partial charge in [-0.15, -0.1) is 11.3 Å². The summed E-state index contributed by atoms with van der Waals surface area (Å²) in [5.41, 5.74) is 1.50. The van der Waals surface area contributed by atoms with Crippen LogP contribution in [-0.4, -0.2) is 30.7 Å². The van der Waals surface area contributed by atoms with E-state index in [4.69, 9.17) is 0 Å². The molecule has 2 nitrogen and oxygen atoms in total. The van der Waals surface area contributed by atoms with Gasteiger partial charge >= 0.3 is 0 Å². The molecule has 1 aliphatic rings. The van der Waals surface area contributed by atoms with Gasteiger partial charge < -0.3 is 10.0 Å². The van der Waals surface area contributed by atoms with Crippen molar-refractivity contribution < 1.29 is 5.11 Å². The number of rotatable bonds is 4. The number of aryl methyl sites for hydroxylation is 1. The summed E-state index contributed by atoms with van der Waals surface area (Å²) in [6, 6.07) is 2.56. The summed E-state index contributed by atoms with van der Waals surface area (Å²) in [6.45, 7) is 2.48. The minimum Gasteiger partial charge on any atom is -0.396 e. The highest BCUT2D eigenvalue weighted by Crippen LogP contribution is 2.57. The van der Waals surface area contributed by atoms with Crippen molar-refractivity contribution in [1.82, 2.24) is 4.90 Å². The molecule has 0 saturated heterocycles. The van der Waals surface area contributed by atoms with Crippen LogP contribution >= 0.6 is 11.3 Å². The second-order valence-corrected chi connectivity index (χ2v) is 5.80. The number of hydrogen-bond acceptors (Lipinski definition) is 3. The van der Waals surface area contributed by atoms with Gasteiger partial charge in [-0.25, -0.2) is 0 Å². The molecular formula is C12H19NOS. The van der Waals surface area contributed by atoms with Crippen molar-refractivity contribution in [3.63, 3.8) is 0 Å². The lowest BCUT2D eigenvalue weighted by Gasteiger charge is -2.31. The molecule has 2 rings (SSSR count). The molecule has 1 N–H and O–H groups in total. The third-order valence-corrected chi connectivity index (χ3v) is 4.52. The molecule has 0 spiro atoms. The lowest BCUT2D eigenvalue weighted by Crippen LogP contribution is -2.30. The average Bonchev–Trinajstić information content (AvgIpc) is 2.86. The molecule has 0 aliphatic heterocycles. The fraction of sp³-hybridized carbons (Fsp3) is 0.667. The van der Waals surface area contributed by atoms with E-state index in [-0.39, 0.29) is 5.41 Å². The zero-order valence-corrected chi connectivity index (χ0v) is 10.5. The first kappa shape index (κ1) is 11.1. The first-order chi connectivity index (χ1) is 7.10. The van der Waals surface area contributed by atoms with Gasteiger partial charge in [0.25, 0.3) is 0 Å². The summed E-state index contributed by atoms with van der Waals surface area (Å²) in [5, 5.41) is 11.7. The van der Waals surface area contributed by atoms with Crippen LogP contribution in [0.4, 0.5) is 0 Å². The van der Waals surface area contributed by atoms with E-state index in [2.05, 4.69) is 37.4 Å². The summed E-state index contributed by atoms with van der Waals surface area (Å²) in [7, 11) is 4.22. The number of hydrogen-bond donors (Lipinski definition) is 1. The van der Waals surface area contributed by atoms with Gasteiger partial charge in [0.1, 0.15) is 0 Å². The van der Waals surface area contributed by atoms with Gasteiger partial charge in [-0.05, 0) is 50.9 Å².